The van der Waals surface area contributed by atoms with E-state index < -0.39 is 5.54 Å². The molecule has 0 saturated carbocycles. The van der Waals surface area contributed by atoms with Crippen LogP contribution in [0.4, 0.5) is 5.69 Å². The predicted octanol–water partition coefficient (Wildman–Crippen LogP) is 4.06. The summed E-state index contributed by atoms with van der Waals surface area (Å²) in [6.07, 6.45) is 5.25. The van der Waals surface area contributed by atoms with Crippen LogP contribution in [0.1, 0.15) is 13.3 Å². The van der Waals surface area contributed by atoms with Crippen LogP contribution in [0.25, 0.3) is 0 Å². The van der Waals surface area contributed by atoms with E-state index in [9.17, 15) is 4.79 Å². The minimum Gasteiger partial charge on any atom is -0.291 e. The van der Waals surface area contributed by atoms with Gasteiger partial charge in [0.15, 0.2) is 11.3 Å². The number of ketones is 1. The molecule has 1 aliphatic carbocycles. The topological polar surface area (TPSA) is 65.6 Å². The maximum Gasteiger partial charge on any atom is 0.191 e. The van der Waals surface area contributed by atoms with E-state index in [-0.39, 0.29) is 5.78 Å². The van der Waals surface area contributed by atoms with Gasteiger partial charge in [0.2, 0.25) is 0 Å². The lowest BCUT2D eigenvalue weighted by atomic mass is 9.83. The number of Topliss-reactive ketones (excluding diaryl/α,β-unsaturated/α-hetero) is 1. The minimum absolute atomic E-state index is 0.188. The van der Waals surface area contributed by atoms with Gasteiger partial charge in [-0.2, -0.15) is 15.5 Å². The second-order valence-corrected chi connectivity index (χ2v) is 4.88. The third-order valence-corrected chi connectivity index (χ3v) is 3.18. The molecule has 1 aliphatic rings. The SMILES string of the molecule is C=C(C)C(=O)C1(N=Nc2ccccc2)C=CC(C#N)=CC1. The zero-order valence-electron chi connectivity index (χ0n) is 11.8. The van der Waals surface area contributed by atoms with Gasteiger partial charge in [-0.3, -0.25) is 4.79 Å². The van der Waals surface area contributed by atoms with E-state index in [4.69, 9.17) is 5.26 Å². The second-order valence-electron chi connectivity index (χ2n) is 4.88. The highest BCUT2D eigenvalue weighted by molar-refractivity contribution is 6.03. The molecule has 1 unspecified atom stereocenters. The van der Waals surface area contributed by atoms with E-state index >= 15 is 0 Å². The Bertz CT molecular complexity index is 692. The Hall–Kier alpha value is -2.80. The van der Waals surface area contributed by atoms with Gasteiger partial charge in [0, 0.05) is 12.0 Å². The highest BCUT2D eigenvalue weighted by Gasteiger charge is 2.37. The van der Waals surface area contributed by atoms with E-state index in [0.717, 1.165) is 0 Å². The molecular weight excluding hydrogens is 262 g/mol. The molecule has 0 fully saturated rings. The zero-order chi connectivity index (χ0) is 15.3. The van der Waals surface area contributed by atoms with Crippen molar-refractivity contribution < 1.29 is 4.79 Å². The molecule has 0 spiro atoms. The third kappa shape index (κ3) is 3.21. The number of azo groups is 1. The van der Waals surface area contributed by atoms with Crippen molar-refractivity contribution in [2.45, 2.75) is 18.9 Å². The van der Waals surface area contributed by atoms with Crippen molar-refractivity contribution in [1.82, 2.24) is 0 Å². The molecule has 0 aromatic heterocycles. The Morgan fingerprint density at radius 3 is 2.62 bits per heavy atom. The Morgan fingerprint density at radius 2 is 2.10 bits per heavy atom. The van der Waals surface area contributed by atoms with Gasteiger partial charge in [-0.15, -0.1) is 0 Å². The number of carbonyl (C=O) groups is 1. The van der Waals surface area contributed by atoms with Crippen molar-refractivity contribution in [3.8, 4) is 6.07 Å². The molecule has 0 heterocycles. The molecule has 4 nitrogen and oxygen atoms in total. The van der Waals surface area contributed by atoms with Crippen molar-refractivity contribution >= 4 is 11.5 Å². The first-order valence-corrected chi connectivity index (χ1v) is 6.55. The molecule has 4 heteroatoms. The maximum absolute atomic E-state index is 12.4. The molecule has 1 aromatic carbocycles. The van der Waals surface area contributed by atoms with Crippen molar-refractivity contribution in [2.75, 3.05) is 0 Å². The second kappa shape index (κ2) is 6.10. The summed E-state index contributed by atoms with van der Waals surface area (Å²) in [4.78, 5) is 12.4. The monoisotopic (exact) mass is 277 g/mol. The molecular formula is C17H15N3O. The number of hydrogen-bond donors (Lipinski definition) is 0. The minimum atomic E-state index is -1.10. The molecule has 1 aromatic rings. The predicted molar refractivity (Wildman–Crippen MR) is 81.0 cm³/mol. The number of allylic oxidation sites excluding steroid dienone is 2. The van der Waals surface area contributed by atoms with Gasteiger partial charge in [-0.1, -0.05) is 30.9 Å². The van der Waals surface area contributed by atoms with Crippen molar-refractivity contribution in [2.24, 2.45) is 10.2 Å². The molecule has 104 valence electrons. The number of hydrogen-bond acceptors (Lipinski definition) is 4. The fourth-order valence-corrected chi connectivity index (χ4v) is 2.01. The molecule has 0 N–H and O–H groups in total. The first kappa shape index (κ1) is 14.6. The quantitative estimate of drug-likeness (QED) is 0.615. The van der Waals surface area contributed by atoms with Crippen LogP contribution in [-0.4, -0.2) is 11.3 Å². The highest BCUT2D eigenvalue weighted by Crippen LogP contribution is 2.30. The normalized spacial score (nSPS) is 20.9. The molecule has 0 bridgehead atoms. The molecule has 1 atom stereocenters. The molecule has 0 aliphatic heterocycles. The van der Waals surface area contributed by atoms with Crippen LogP contribution in [0.2, 0.25) is 0 Å². The van der Waals surface area contributed by atoms with Crippen molar-refractivity contribution in [1.29, 1.82) is 5.26 Å². The lowest BCUT2D eigenvalue weighted by molar-refractivity contribution is -0.118. The average molecular weight is 277 g/mol. The van der Waals surface area contributed by atoms with Gasteiger partial charge in [-0.25, -0.2) is 0 Å². The van der Waals surface area contributed by atoms with Crippen LogP contribution >= 0.6 is 0 Å². The van der Waals surface area contributed by atoms with E-state index in [1.54, 1.807) is 25.2 Å². The van der Waals surface area contributed by atoms with E-state index in [0.29, 0.717) is 23.3 Å². The number of nitriles is 1. The maximum atomic E-state index is 12.4. The number of benzene rings is 1. The fraction of sp³-hybridized carbons (Fsp3) is 0.176. The first-order chi connectivity index (χ1) is 10.1. The average Bonchev–Trinajstić information content (AvgIpc) is 2.53. The summed E-state index contributed by atoms with van der Waals surface area (Å²) >= 11 is 0. The van der Waals surface area contributed by atoms with Crippen molar-refractivity contribution in [3.63, 3.8) is 0 Å². The largest absolute Gasteiger partial charge is 0.291 e. The third-order valence-electron chi connectivity index (χ3n) is 3.18. The van der Waals surface area contributed by atoms with E-state index in [2.05, 4.69) is 22.9 Å². The zero-order valence-corrected chi connectivity index (χ0v) is 11.8. The van der Waals surface area contributed by atoms with E-state index in [1.165, 1.54) is 0 Å². The molecule has 0 saturated heterocycles. The van der Waals surface area contributed by atoms with E-state index in [1.807, 2.05) is 30.3 Å². The summed E-state index contributed by atoms with van der Waals surface area (Å²) in [7, 11) is 0. The van der Waals surface area contributed by atoms with Gasteiger partial charge in [0.05, 0.1) is 11.8 Å². The number of nitrogens with zero attached hydrogens (tertiary/aromatic N) is 3. The Kier molecular flexibility index (Phi) is 4.24. The van der Waals surface area contributed by atoms with Crippen molar-refractivity contribution in [3.05, 3.63) is 66.3 Å². The van der Waals surface area contributed by atoms with Gasteiger partial charge in [-0.05, 0) is 36.8 Å². The standard InChI is InChI=1S/C17H15N3O/c1-13(2)16(21)17(10-8-14(12-18)9-11-17)20-19-15-6-4-3-5-7-15/h3-10H,1,11H2,2H3. The fourth-order valence-electron chi connectivity index (χ4n) is 2.01. The summed E-state index contributed by atoms with van der Waals surface area (Å²) in [6.45, 7) is 5.35. The van der Waals surface area contributed by atoms with Gasteiger partial charge >= 0.3 is 0 Å². The van der Waals surface area contributed by atoms with Crippen LogP contribution < -0.4 is 0 Å². The molecule has 0 amide bonds. The molecule has 0 radical (unpaired) electrons. The van der Waals surface area contributed by atoms with Crippen LogP contribution in [0, 0.1) is 11.3 Å². The summed E-state index contributed by atoms with van der Waals surface area (Å²) in [5.74, 6) is -0.188. The summed E-state index contributed by atoms with van der Waals surface area (Å²) in [6, 6.07) is 11.3. The van der Waals surface area contributed by atoms with Gasteiger partial charge in [0.25, 0.3) is 0 Å². The lowest BCUT2D eigenvalue weighted by Gasteiger charge is -2.24. The summed E-state index contributed by atoms with van der Waals surface area (Å²) < 4.78 is 0. The van der Waals surface area contributed by atoms with Crippen LogP contribution in [0.3, 0.4) is 0 Å². The first-order valence-electron chi connectivity index (χ1n) is 6.55. The number of rotatable bonds is 4. The molecule has 21 heavy (non-hydrogen) atoms. The smallest absolute Gasteiger partial charge is 0.191 e. The van der Waals surface area contributed by atoms with Crippen LogP contribution in [0.15, 0.2) is 76.5 Å². The highest BCUT2D eigenvalue weighted by atomic mass is 16.1. The van der Waals surface area contributed by atoms with Crippen LogP contribution in [0.5, 0.6) is 0 Å². The van der Waals surface area contributed by atoms with Gasteiger partial charge in [0.1, 0.15) is 0 Å². The Morgan fingerprint density at radius 1 is 1.38 bits per heavy atom. The Balaban J connectivity index is 2.36. The number of carbonyl (C=O) groups excluding carboxylic acids is 1. The summed E-state index contributed by atoms with van der Waals surface area (Å²) in [5, 5.41) is 17.3. The van der Waals surface area contributed by atoms with Gasteiger partial charge < -0.3 is 0 Å². The molecule has 2 rings (SSSR count). The Labute approximate surface area is 123 Å². The van der Waals surface area contributed by atoms with Crippen LogP contribution in [-0.2, 0) is 4.79 Å². The summed E-state index contributed by atoms with van der Waals surface area (Å²) in [5.41, 5.74) is 0.521. The lowest BCUT2D eigenvalue weighted by Crippen LogP contribution is -2.35.